The number of aromatic nitrogens is 1. The highest BCUT2D eigenvalue weighted by Crippen LogP contribution is 2.14. The Morgan fingerprint density at radius 3 is 3.07 bits per heavy atom. The number of pyridine rings is 1. The Labute approximate surface area is 86.3 Å². The molecule has 0 saturated carbocycles. The van der Waals surface area contributed by atoms with Gasteiger partial charge in [-0.15, -0.1) is 0 Å². The lowest BCUT2D eigenvalue weighted by atomic mass is 10.2. The van der Waals surface area contributed by atoms with Crippen LogP contribution in [0.4, 0.5) is 4.39 Å². The van der Waals surface area contributed by atoms with E-state index in [0.29, 0.717) is 6.54 Å². The molecular weight excluding hydrogens is 207 g/mol. The summed E-state index contributed by atoms with van der Waals surface area (Å²) in [6.45, 7) is 2.42. The second-order valence-electron chi connectivity index (χ2n) is 2.72. The third kappa shape index (κ3) is 2.42. The quantitative estimate of drug-likeness (QED) is 0.786. The number of hydrogen-bond acceptors (Lipinski definition) is 2. The molecule has 1 N–H and O–H groups in total. The van der Waals surface area contributed by atoms with Crippen molar-refractivity contribution in [3.05, 3.63) is 28.8 Å². The van der Waals surface area contributed by atoms with Gasteiger partial charge in [-0.05, 0) is 12.5 Å². The zero-order valence-corrected chi connectivity index (χ0v) is 8.44. The SMILES string of the molecule is CCCNC(=O)c1ccnc(Cl)c1F. The minimum atomic E-state index is -0.775. The number of rotatable bonds is 3. The van der Waals surface area contributed by atoms with Gasteiger partial charge in [0, 0.05) is 12.7 Å². The average Bonchev–Trinajstić information content (AvgIpc) is 2.18. The van der Waals surface area contributed by atoms with Crippen LogP contribution in [0.2, 0.25) is 5.15 Å². The highest BCUT2D eigenvalue weighted by atomic mass is 35.5. The van der Waals surface area contributed by atoms with Gasteiger partial charge in [0.15, 0.2) is 11.0 Å². The van der Waals surface area contributed by atoms with Gasteiger partial charge < -0.3 is 5.32 Å². The summed E-state index contributed by atoms with van der Waals surface area (Å²) in [6.07, 6.45) is 2.10. The van der Waals surface area contributed by atoms with Crippen LogP contribution in [-0.2, 0) is 0 Å². The fourth-order valence-corrected chi connectivity index (χ4v) is 1.09. The second-order valence-corrected chi connectivity index (χ2v) is 3.08. The van der Waals surface area contributed by atoms with Crippen molar-refractivity contribution in [1.29, 1.82) is 0 Å². The van der Waals surface area contributed by atoms with Crippen molar-refractivity contribution in [2.75, 3.05) is 6.54 Å². The molecular formula is C9H10ClFN2O. The molecule has 0 saturated heterocycles. The van der Waals surface area contributed by atoms with Gasteiger partial charge in [0.1, 0.15) is 0 Å². The van der Waals surface area contributed by atoms with Crippen LogP contribution in [0.3, 0.4) is 0 Å². The maximum atomic E-state index is 13.2. The van der Waals surface area contributed by atoms with E-state index in [0.717, 1.165) is 6.42 Å². The van der Waals surface area contributed by atoms with E-state index in [-0.39, 0.29) is 10.7 Å². The summed E-state index contributed by atoms with van der Waals surface area (Å²) in [6, 6.07) is 1.30. The normalized spacial score (nSPS) is 9.93. The number of halogens is 2. The van der Waals surface area contributed by atoms with E-state index in [1.807, 2.05) is 6.92 Å². The van der Waals surface area contributed by atoms with Gasteiger partial charge in [-0.3, -0.25) is 4.79 Å². The smallest absolute Gasteiger partial charge is 0.254 e. The van der Waals surface area contributed by atoms with Gasteiger partial charge in [0.25, 0.3) is 5.91 Å². The summed E-state index contributed by atoms with van der Waals surface area (Å²) in [5.41, 5.74) is -0.0709. The summed E-state index contributed by atoms with van der Waals surface area (Å²) >= 11 is 5.43. The Morgan fingerprint density at radius 2 is 2.43 bits per heavy atom. The Bertz CT molecular complexity index is 344. The molecule has 0 aliphatic rings. The molecule has 1 amide bonds. The Balaban J connectivity index is 2.84. The van der Waals surface area contributed by atoms with Crippen LogP contribution < -0.4 is 5.32 Å². The molecule has 0 spiro atoms. The van der Waals surface area contributed by atoms with Crippen LogP contribution in [-0.4, -0.2) is 17.4 Å². The van der Waals surface area contributed by atoms with Crippen LogP contribution in [0.5, 0.6) is 0 Å². The van der Waals surface area contributed by atoms with Crippen molar-refractivity contribution in [3.63, 3.8) is 0 Å². The Morgan fingerprint density at radius 1 is 1.71 bits per heavy atom. The molecule has 0 bridgehead atoms. The van der Waals surface area contributed by atoms with Gasteiger partial charge >= 0.3 is 0 Å². The maximum absolute atomic E-state index is 13.2. The molecule has 14 heavy (non-hydrogen) atoms. The standard InChI is InChI=1S/C9H10ClFN2O/c1-2-4-13-9(14)6-3-5-12-8(10)7(6)11/h3,5H,2,4H2,1H3,(H,13,14). The highest BCUT2D eigenvalue weighted by molar-refractivity contribution is 6.29. The first-order chi connectivity index (χ1) is 6.66. The third-order valence-corrected chi connectivity index (χ3v) is 1.89. The van der Waals surface area contributed by atoms with E-state index in [1.165, 1.54) is 12.3 Å². The van der Waals surface area contributed by atoms with Crippen LogP contribution in [0, 0.1) is 5.82 Å². The minimum Gasteiger partial charge on any atom is -0.352 e. The van der Waals surface area contributed by atoms with Crippen molar-refractivity contribution < 1.29 is 9.18 Å². The highest BCUT2D eigenvalue weighted by Gasteiger charge is 2.13. The number of nitrogens with zero attached hydrogens (tertiary/aromatic N) is 1. The second kappa shape index (κ2) is 4.91. The third-order valence-electron chi connectivity index (χ3n) is 1.63. The molecule has 0 aliphatic carbocycles. The minimum absolute atomic E-state index is 0.0709. The molecule has 0 aromatic carbocycles. The molecule has 1 aromatic rings. The molecule has 5 heteroatoms. The Hall–Kier alpha value is -1.16. The topological polar surface area (TPSA) is 42.0 Å². The van der Waals surface area contributed by atoms with Crippen LogP contribution in [0.25, 0.3) is 0 Å². The van der Waals surface area contributed by atoms with Gasteiger partial charge in [-0.2, -0.15) is 0 Å². The lowest BCUT2D eigenvalue weighted by Crippen LogP contribution is -2.25. The number of nitrogens with one attached hydrogen (secondary N) is 1. The van der Waals surface area contributed by atoms with Crippen LogP contribution in [0.15, 0.2) is 12.3 Å². The molecule has 3 nitrogen and oxygen atoms in total. The lowest BCUT2D eigenvalue weighted by Gasteiger charge is -2.04. The first-order valence-electron chi connectivity index (χ1n) is 4.25. The monoisotopic (exact) mass is 216 g/mol. The van der Waals surface area contributed by atoms with Gasteiger partial charge in [0.05, 0.1) is 5.56 Å². The largest absolute Gasteiger partial charge is 0.352 e. The van der Waals surface area contributed by atoms with Crippen LogP contribution >= 0.6 is 11.6 Å². The molecule has 76 valence electrons. The summed E-state index contributed by atoms with van der Waals surface area (Å²) in [5, 5.41) is 2.27. The molecule has 0 aliphatic heterocycles. The molecule has 0 unspecified atom stereocenters. The molecule has 1 heterocycles. The summed E-state index contributed by atoms with van der Waals surface area (Å²) < 4.78 is 13.2. The first-order valence-corrected chi connectivity index (χ1v) is 4.62. The number of carbonyl (C=O) groups is 1. The summed E-state index contributed by atoms with van der Waals surface area (Å²) in [4.78, 5) is 14.9. The van der Waals surface area contributed by atoms with E-state index in [4.69, 9.17) is 11.6 Å². The van der Waals surface area contributed by atoms with Gasteiger partial charge in [-0.1, -0.05) is 18.5 Å². The molecule has 0 radical (unpaired) electrons. The molecule has 0 fully saturated rings. The van der Waals surface area contributed by atoms with Crippen LogP contribution in [0.1, 0.15) is 23.7 Å². The fourth-order valence-electron chi connectivity index (χ4n) is 0.927. The average molecular weight is 217 g/mol. The predicted octanol–water partition coefficient (Wildman–Crippen LogP) is 2.01. The number of carbonyl (C=O) groups excluding carboxylic acids is 1. The summed E-state index contributed by atoms with van der Waals surface area (Å²) in [7, 11) is 0. The number of amides is 1. The fraction of sp³-hybridized carbons (Fsp3) is 0.333. The van der Waals surface area contributed by atoms with Gasteiger partial charge in [-0.25, -0.2) is 9.37 Å². The lowest BCUT2D eigenvalue weighted by molar-refractivity contribution is 0.0949. The van der Waals surface area contributed by atoms with Crippen molar-refractivity contribution >= 4 is 17.5 Å². The molecule has 0 atom stereocenters. The maximum Gasteiger partial charge on any atom is 0.254 e. The van der Waals surface area contributed by atoms with E-state index in [2.05, 4.69) is 10.3 Å². The van der Waals surface area contributed by atoms with E-state index < -0.39 is 11.7 Å². The predicted molar refractivity (Wildman–Crippen MR) is 51.8 cm³/mol. The van der Waals surface area contributed by atoms with Crippen molar-refractivity contribution in [2.24, 2.45) is 0 Å². The van der Waals surface area contributed by atoms with E-state index in [9.17, 15) is 9.18 Å². The molecule has 1 rings (SSSR count). The van der Waals surface area contributed by atoms with Crippen molar-refractivity contribution in [3.8, 4) is 0 Å². The zero-order chi connectivity index (χ0) is 10.6. The van der Waals surface area contributed by atoms with Crippen molar-refractivity contribution in [2.45, 2.75) is 13.3 Å². The zero-order valence-electron chi connectivity index (χ0n) is 7.68. The van der Waals surface area contributed by atoms with Crippen molar-refractivity contribution in [1.82, 2.24) is 10.3 Å². The van der Waals surface area contributed by atoms with E-state index >= 15 is 0 Å². The van der Waals surface area contributed by atoms with Gasteiger partial charge in [0.2, 0.25) is 0 Å². The molecule has 1 aromatic heterocycles. The van der Waals surface area contributed by atoms with E-state index in [1.54, 1.807) is 0 Å². The number of hydrogen-bond donors (Lipinski definition) is 1. The summed E-state index contributed by atoms with van der Waals surface area (Å²) in [5.74, 6) is -1.24. The first kappa shape index (κ1) is 10.9. The Kier molecular flexibility index (Phi) is 3.83.